The van der Waals surface area contributed by atoms with Gasteiger partial charge in [0, 0.05) is 11.4 Å². The first-order valence-electron chi connectivity index (χ1n) is 6.07. The summed E-state index contributed by atoms with van der Waals surface area (Å²) in [6.07, 6.45) is 0.801. The van der Waals surface area contributed by atoms with Gasteiger partial charge in [-0.15, -0.1) is 11.3 Å². The second kappa shape index (κ2) is 6.68. The third kappa shape index (κ3) is 4.65. The Balaban J connectivity index is 2.33. The first-order chi connectivity index (χ1) is 8.84. The van der Waals surface area contributed by atoms with Crippen molar-refractivity contribution in [3.05, 3.63) is 22.4 Å². The van der Waals surface area contributed by atoms with Crippen LogP contribution in [-0.2, 0) is 16.0 Å². The fraction of sp³-hybridized carbons (Fsp3) is 0.538. The van der Waals surface area contributed by atoms with E-state index in [4.69, 9.17) is 5.11 Å². The van der Waals surface area contributed by atoms with E-state index < -0.39 is 11.5 Å². The zero-order chi connectivity index (χ0) is 14.5. The lowest BCUT2D eigenvalue weighted by Gasteiger charge is -2.30. The van der Waals surface area contributed by atoms with E-state index in [0.717, 1.165) is 6.42 Å². The Morgan fingerprint density at radius 3 is 2.68 bits per heavy atom. The van der Waals surface area contributed by atoms with Crippen LogP contribution in [-0.4, -0.2) is 47.6 Å². The molecule has 2 N–H and O–H groups in total. The first kappa shape index (κ1) is 15.7. The highest BCUT2D eigenvalue weighted by Gasteiger charge is 2.32. The van der Waals surface area contributed by atoms with Crippen molar-refractivity contribution in [3.63, 3.8) is 0 Å². The molecule has 19 heavy (non-hydrogen) atoms. The summed E-state index contributed by atoms with van der Waals surface area (Å²) >= 11 is 1.66. The second-order valence-corrected chi connectivity index (χ2v) is 5.93. The molecule has 0 atom stereocenters. The van der Waals surface area contributed by atoms with Gasteiger partial charge in [0.15, 0.2) is 0 Å². The number of carbonyl (C=O) groups is 2. The maximum atomic E-state index is 11.7. The molecular formula is C13H20N2O3S. The SMILES string of the molecule is CN(CC(=O)NCCc1cccs1)C(C)(C)C(=O)O. The zero-order valence-electron chi connectivity index (χ0n) is 11.5. The van der Waals surface area contributed by atoms with Gasteiger partial charge in [-0.1, -0.05) is 6.07 Å². The quantitative estimate of drug-likeness (QED) is 0.789. The lowest BCUT2D eigenvalue weighted by Crippen LogP contribution is -2.51. The molecule has 0 aliphatic carbocycles. The molecule has 1 aromatic rings. The molecule has 5 nitrogen and oxygen atoms in total. The minimum Gasteiger partial charge on any atom is -0.480 e. The Kier molecular flexibility index (Phi) is 5.50. The molecule has 0 fully saturated rings. The fourth-order valence-electron chi connectivity index (χ4n) is 1.41. The number of nitrogens with one attached hydrogen (secondary N) is 1. The van der Waals surface area contributed by atoms with E-state index in [0.29, 0.717) is 6.54 Å². The standard InChI is InChI=1S/C13H20N2O3S/c1-13(2,12(17)18)15(3)9-11(16)14-7-6-10-5-4-8-19-10/h4-5,8H,6-7,9H2,1-3H3,(H,14,16)(H,17,18). The van der Waals surface area contributed by atoms with Crippen molar-refractivity contribution in [1.82, 2.24) is 10.2 Å². The van der Waals surface area contributed by atoms with E-state index in [1.807, 2.05) is 17.5 Å². The third-order valence-corrected chi connectivity index (χ3v) is 4.07. The van der Waals surface area contributed by atoms with E-state index >= 15 is 0 Å². The number of aliphatic carboxylic acids is 1. The van der Waals surface area contributed by atoms with Gasteiger partial charge >= 0.3 is 5.97 Å². The summed E-state index contributed by atoms with van der Waals surface area (Å²) in [5, 5.41) is 13.8. The molecule has 0 spiro atoms. The van der Waals surface area contributed by atoms with Gasteiger partial charge in [0.2, 0.25) is 5.91 Å². The van der Waals surface area contributed by atoms with Gasteiger partial charge in [-0.2, -0.15) is 0 Å². The predicted octanol–water partition coefficient (Wildman–Crippen LogP) is 1.20. The van der Waals surface area contributed by atoms with E-state index in [2.05, 4.69) is 5.32 Å². The number of likely N-dealkylation sites (N-methyl/N-ethyl adjacent to an activating group) is 1. The van der Waals surface area contributed by atoms with Gasteiger partial charge in [0.1, 0.15) is 5.54 Å². The Hall–Kier alpha value is -1.40. The Bertz CT molecular complexity index is 429. The van der Waals surface area contributed by atoms with Gasteiger partial charge < -0.3 is 10.4 Å². The monoisotopic (exact) mass is 284 g/mol. The minimum absolute atomic E-state index is 0.0732. The summed E-state index contributed by atoms with van der Waals surface area (Å²) in [5.41, 5.74) is -1.05. The Morgan fingerprint density at radius 1 is 1.47 bits per heavy atom. The number of hydrogen-bond acceptors (Lipinski definition) is 4. The summed E-state index contributed by atoms with van der Waals surface area (Å²) in [4.78, 5) is 25.5. The maximum absolute atomic E-state index is 11.7. The smallest absolute Gasteiger partial charge is 0.323 e. The summed E-state index contributed by atoms with van der Waals surface area (Å²) in [6.45, 7) is 3.80. The van der Waals surface area contributed by atoms with Gasteiger partial charge in [0.25, 0.3) is 0 Å². The van der Waals surface area contributed by atoms with Crippen LogP contribution in [0.4, 0.5) is 0 Å². The zero-order valence-corrected chi connectivity index (χ0v) is 12.3. The van der Waals surface area contributed by atoms with Gasteiger partial charge in [-0.3, -0.25) is 14.5 Å². The number of rotatable bonds is 7. The van der Waals surface area contributed by atoms with Crippen LogP contribution in [0.1, 0.15) is 18.7 Å². The topological polar surface area (TPSA) is 69.6 Å². The van der Waals surface area contributed by atoms with Crippen molar-refractivity contribution >= 4 is 23.2 Å². The molecule has 1 rings (SSSR count). The predicted molar refractivity (Wildman–Crippen MR) is 75.4 cm³/mol. The lowest BCUT2D eigenvalue weighted by atomic mass is 10.0. The summed E-state index contributed by atoms with van der Waals surface area (Å²) < 4.78 is 0. The average Bonchev–Trinajstić information content (AvgIpc) is 2.81. The van der Waals surface area contributed by atoms with Crippen molar-refractivity contribution in [2.75, 3.05) is 20.1 Å². The van der Waals surface area contributed by atoms with Crippen LogP contribution < -0.4 is 5.32 Å². The van der Waals surface area contributed by atoms with Gasteiger partial charge in [0.05, 0.1) is 6.54 Å². The summed E-state index contributed by atoms with van der Waals surface area (Å²) in [7, 11) is 1.63. The van der Waals surface area contributed by atoms with Crippen LogP contribution in [0, 0.1) is 0 Å². The van der Waals surface area contributed by atoms with Crippen molar-refractivity contribution in [2.45, 2.75) is 25.8 Å². The molecule has 1 amide bonds. The fourth-order valence-corrected chi connectivity index (χ4v) is 2.12. The highest BCUT2D eigenvalue weighted by molar-refractivity contribution is 7.09. The molecule has 0 aliphatic heterocycles. The van der Waals surface area contributed by atoms with Crippen LogP contribution in [0.5, 0.6) is 0 Å². The molecule has 1 aromatic heterocycles. The molecule has 0 unspecified atom stereocenters. The average molecular weight is 284 g/mol. The van der Waals surface area contributed by atoms with Crippen LogP contribution in [0.25, 0.3) is 0 Å². The number of carbonyl (C=O) groups excluding carboxylic acids is 1. The van der Waals surface area contributed by atoms with E-state index in [-0.39, 0.29) is 12.5 Å². The number of hydrogen-bond donors (Lipinski definition) is 2. The van der Waals surface area contributed by atoms with Crippen molar-refractivity contribution in [1.29, 1.82) is 0 Å². The number of carboxylic acid groups (broad SMARTS) is 1. The number of thiophene rings is 1. The maximum Gasteiger partial charge on any atom is 0.323 e. The molecule has 0 radical (unpaired) electrons. The molecule has 6 heteroatoms. The van der Waals surface area contributed by atoms with Crippen LogP contribution in [0.2, 0.25) is 0 Å². The molecular weight excluding hydrogens is 264 g/mol. The van der Waals surface area contributed by atoms with E-state index in [1.165, 1.54) is 9.78 Å². The van der Waals surface area contributed by atoms with Crippen LogP contribution >= 0.6 is 11.3 Å². The molecule has 0 bridgehead atoms. The van der Waals surface area contributed by atoms with Crippen LogP contribution in [0.15, 0.2) is 17.5 Å². The van der Waals surface area contributed by atoms with Gasteiger partial charge in [-0.05, 0) is 38.8 Å². The molecule has 0 saturated heterocycles. The summed E-state index contributed by atoms with van der Waals surface area (Å²) in [5.74, 6) is -1.10. The molecule has 106 valence electrons. The first-order valence-corrected chi connectivity index (χ1v) is 6.95. The Labute approximate surface area is 117 Å². The summed E-state index contributed by atoms with van der Waals surface area (Å²) in [6, 6.07) is 4.00. The van der Waals surface area contributed by atoms with Crippen molar-refractivity contribution in [3.8, 4) is 0 Å². The molecule has 0 aliphatic rings. The number of amides is 1. The highest BCUT2D eigenvalue weighted by Crippen LogP contribution is 2.11. The lowest BCUT2D eigenvalue weighted by molar-refractivity contribution is -0.149. The number of carboxylic acids is 1. The van der Waals surface area contributed by atoms with E-state index in [9.17, 15) is 9.59 Å². The number of nitrogens with zero attached hydrogens (tertiary/aromatic N) is 1. The van der Waals surface area contributed by atoms with E-state index in [1.54, 1.807) is 32.2 Å². The van der Waals surface area contributed by atoms with Crippen molar-refractivity contribution < 1.29 is 14.7 Å². The Morgan fingerprint density at radius 2 is 2.16 bits per heavy atom. The highest BCUT2D eigenvalue weighted by atomic mass is 32.1. The largest absolute Gasteiger partial charge is 0.480 e. The molecule has 0 saturated carbocycles. The minimum atomic E-state index is -1.05. The third-order valence-electron chi connectivity index (χ3n) is 3.13. The van der Waals surface area contributed by atoms with Gasteiger partial charge in [-0.25, -0.2) is 0 Å². The second-order valence-electron chi connectivity index (χ2n) is 4.90. The van der Waals surface area contributed by atoms with Crippen LogP contribution in [0.3, 0.4) is 0 Å². The molecule has 0 aromatic carbocycles. The van der Waals surface area contributed by atoms with Crippen molar-refractivity contribution in [2.24, 2.45) is 0 Å². The molecule has 1 heterocycles. The normalized spacial score (nSPS) is 11.6.